The second-order valence-corrected chi connectivity index (χ2v) is 10.4. The maximum atomic E-state index is 8.76. The highest BCUT2D eigenvalue weighted by molar-refractivity contribution is 4.80. The van der Waals surface area contributed by atoms with Crippen molar-refractivity contribution in [3.8, 4) is 0 Å². The molecule has 0 rings (SSSR count). The predicted octanol–water partition coefficient (Wildman–Crippen LogP) is 10.3. The molecule has 0 aliphatic carbocycles. The minimum atomic E-state index is 0.0210. The molecule has 3 nitrogen and oxygen atoms in total. The van der Waals surface area contributed by atoms with E-state index in [4.69, 9.17) is 14.6 Å². The van der Waals surface area contributed by atoms with Crippen LogP contribution < -0.4 is 0 Å². The number of ether oxygens (including phenoxy) is 2. The molecule has 3 heteroatoms. The molecule has 0 bridgehead atoms. The van der Waals surface area contributed by atoms with E-state index in [1.165, 1.54) is 141 Å². The monoisotopic (exact) mass is 496 g/mol. The quantitative estimate of drug-likeness (QED) is 0.0610. The molecule has 35 heavy (non-hydrogen) atoms. The molecule has 0 aliphatic heterocycles. The lowest BCUT2D eigenvalue weighted by Gasteiger charge is -2.19. The van der Waals surface area contributed by atoms with Gasteiger partial charge in [-0.15, -0.1) is 0 Å². The van der Waals surface area contributed by atoms with Crippen molar-refractivity contribution in [1.29, 1.82) is 0 Å². The van der Waals surface area contributed by atoms with Crippen molar-refractivity contribution < 1.29 is 14.6 Å². The van der Waals surface area contributed by atoms with Gasteiger partial charge < -0.3 is 14.6 Å². The van der Waals surface area contributed by atoms with Gasteiger partial charge >= 0.3 is 0 Å². The van der Waals surface area contributed by atoms with E-state index in [9.17, 15) is 0 Å². The fourth-order valence-electron chi connectivity index (χ4n) is 4.53. The highest BCUT2D eigenvalue weighted by Crippen LogP contribution is 2.15. The van der Waals surface area contributed by atoms with Crippen LogP contribution in [-0.2, 0) is 9.47 Å². The van der Waals surface area contributed by atoms with Gasteiger partial charge in [0.05, 0.1) is 0 Å². The topological polar surface area (TPSA) is 38.7 Å². The van der Waals surface area contributed by atoms with Crippen molar-refractivity contribution >= 4 is 0 Å². The third-order valence-electron chi connectivity index (χ3n) is 6.88. The number of rotatable bonds is 30. The molecule has 0 saturated carbocycles. The van der Waals surface area contributed by atoms with Crippen molar-refractivity contribution in [1.82, 2.24) is 0 Å². The summed E-state index contributed by atoms with van der Waals surface area (Å²) in [7, 11) is 0. The van der Waals surface area contributed by atoms with Gasteiger partial charge in [-0.1, -0.05) is 135 Å². The molecule has 0 saturated heterocycles. The summed E-state index contributed by atoms with van der Waals surface area (Å²) in [6, 6.07) is 0. The second kappa shape index (κ2) is 31.6. The van der Waals surface area contributed by atoms with Crippen LogP contribution in [0.25, 0.3) is 0 Å². The third-order valence-corrected chi connectivity index (χ3v) is 6.88. The van der Waals surface area contributed by atoms with Crippen LogP contribution in [0.4, 0.5) is 0 Å². The van der Waals surface area contributed by atoms with Gasteiger partial charge in [0.25, 0.3) is 0 Å². The van der Waals surface area contributed by atoms with E-state index in [0.717, 1.165) is 26.1 Å². The maximum absolute atomic E-state index is 8.76. The summed E-state index contributed by atoms with van der Waals surface area (Å²) < 4.78 is 12.3. The van der Waals surface area contributed by atoms with E-state index < -0.39 is 0 Å². The van der Waals surface area contributed by atoms with Crippen LogP contribution in [0.5, 0.6) is 0 Å². The largest absolute Gasteiger partial charge is 0.396 e. The van der Waals surface area contributed by atoms with Crippen LogP contribution in [0.1, 0.15) is 168 Å². The fourth-order valence-corrected chi connectivity index (χ4v) is 4.53. The maximum Gasteiger partial charge on any atom is 0.157 e. The summed E-state index contributed by atoms with van der Waals surface area (Å²) in [5, 5.41) is 8.76. The van der Waals surface area contributed by atoms with Crippen molar-refractivity contribution in [2.75, 3.05) is 19.8 Å². The van der Waals surface area contributed by atoms with Crippen molar-refractivity contribution in [3.63, 3.8) is 0 Å². The van der Waals surface area contributed by atoms with E-state index in [2.05, 4.69) is 26.0 Å². The molecule has 210 valence electrons. The molecule has 0 aromatic heterocycles. The van der Waals surface area contributed by atoms with Crippen LogP contribution in [0.3, 0.4) is 0 Å². The normalized spacial score (nSPS) is 11.9. The Morgan fingerprint density at radius 1 is 0.486 bits per heavy atom. The Morgan fingerprint density at radius 3 is 1.37 bits per heavy atom. The Hall–Kier alpha value is -0.380. The Balaban J connectivity index is 3.76. The van der Waals surface area contributed by atoms with Gasteiger partial charge in [-0.3, -0.25) is 0 Å². The summed E-state index contributed by atoms with van der Waals surface area (Å²) in [6.45, 7) is 6.56. The first-order chi connectivity index (χ1) is 17.3. The average molecular weight is 497 g/mol. The molecule has 0 aromatic carbocycles. The first kappa shape index (κ1) is 34.6. The van der Waals surface area contributed by atoms with E-state index >= 15 is 0 Å². The van der Waals surface area contributed by atoms with Gasteiger partial charge in [-0.25, -0.2) is 0 Å². The minimum Gasteiger partial charge on any atom is -0.396 e. The van der Waals surface area contributed by atoms with Crippen LogP contribution >= 0.6 is 0 Å². The van der Waals surface area contributed by atoms with Crippen LogP contribution in [-0.4, -0.2) is 31.2 Å². The van der Waals surface area contributed by atoms with Gasteiger partial charge in [0.15, 0.2) is 6.29 Å². The lowest BCUT2D eigenvalue weighted by Crippen LogP contribution is -2.19. The third kappa shape index (κ3) is 29.7. The van der Waals surface area contributed by atoms with Crippen LogP contribution in [0.2, 0.25) is 0 Å². The zero-order valence-electron chi connectivity index (χ0n) is 24.1. The molecule has 0 unspecified atom stereocenters. The highest BCUT2D eigenvalue weighted by atomic mass is 16.7. The Bertz CT molecular complexity index is 378. The Labute approximate surface area is 220 Å². The van der Waals surface area contributed by atoms with Gasteiger partial charge in [0.1, 0.15) is 0 Å². The zero-order valence-corrected chi connectivity index (χ0v) is 24.1. The van der Waals surface area contributed by atoms with E-state index in [-0.39, 0.29) is 12.9 Å². The summed E-state index contributed by atoms with van der Waals surface area (Å²) in [5.41, 5.74) is 0. The molecular weight excluding hydrogens is 432 g/mol. The molecule has 0 radical (unpaired) electrons. The first-order valence-electron chi connectivity index (χ1n) is 15.8. The standard InChI is InChI=1S/C32H64O3/c1-3-5-7-9-22-26-30-34-32(35-31-27-23-10-8-6-4-2)28-24-20-18-16-14-12-11-13-15-17-19-21-25-29-33/h19,21,32-33H,3-18,20,22-31H2,1-2H3/b21-19+. The molecule has 0 aromatic rings. The van der Waals surface area contributed by atoms with Gasteiger partial charge in [0.2, 0.25) is 0 Å². The number of allylic oxidation sites excluding steroid dienone is 1. The summed E-state index contributed by atoms with van der Waals surface area (Å²) in [6.07, 6.45) is 35.2. The molecule has 0 aliphatic rings. The van der Waals surface area contributed by atoms with Crippen molar-refractivity contribution in [2.45, 2.75) is 174 Å². The van der Waals surface area contributed by atoms with Crippen molar-refractivity contribution in [3.05, 3.63) is 12.2 Å². The Morgan fingerprint density at radius 2 is 0.886 bits per heavy atom. The number of aliphatic hydroxyl groups is 1. The zero-order chi connectivity index (χ0) is 25.5. The van der Waals surface area contributed by atoms with Crippen LogP contribution in [0.15, 0.2) is 12.2 Å². The summed E-state index contributed by atoms with van der Waals surface area (Å²) in [5.74, 6) is 0. The number of hydrogen-bond acceptors (Lipinski definition) is 3. The van der Waals surface area contributed by atoms with Gasteiger partial charge in [-0.2, -0.15) is 0 Å². The minimum absolute atomic E-state index is 0.0210. The van der Waals surface area contributed by atoms with E-state index in [0.29, 0.717) is 0 Å². The lowest BCUT2D eigenvalue weighted by molar-refractivity contribution is -0.148. The summed E-state index contributed by atoms with van der Waals surface area (Å²) in [4.78, 5) is 0. The Kier molecular flexibility index (Phi) is 31.3. The molecule has 0 atom stereocenters. The molecule has 0 fully saturated rings. The predicted molar refractivity (Wildman–Crippen MR) is 154 cm³/mol. The van der Waals surface area contributed by atoms with Crippen molar-refractivity contribution in [2.24, 2.45) is 0 Å². The number of hydrogen-bond donors (Lipinski definition) is 1. The SMILES string of the molecule is CCCCCCCCOC(CCCCCCCCCCC/C=C/CCO)OCCCCCCCC. The highest BCUT2D eigenvalue weighted by Gasteiger charge is 2.09. The summed E-state index contributed by atoms with van der Waals surface area (Å²) >= 11 is 0. The smallest absolute Gasteiger partial charge is 0.157 e. The molecule has 0 heterocycles. The van der Waals surface area contributed by atoms with Crippen LogP contribution in [0, 0.1) is 0 Å². The van der Waals surface area contributed by atoms with E-state index in [1.807, 2.05) is 0 Å². The fraction of sp³-hybridized carbons (Fsp3) is 0.938. The molecule has 0 amide bonds. The first-order valence-corrected chi connectivity index (χ1v) is 15.8. The molecule has 1 N–H and O–H groups in total. The molecular formula is C32H64O3. The second-order valence-electron chi connectivity index (χ2n) is 10.4. The lowest BCUT2D eigenvalue weighted by atomic mass is 10.1. The van der Waals surface area contributed by atoms with Gasteiger partial charge in [-0.05, 0) is 44.9 Å². The number of unbranched alkanes of at least 4 members (excludes halogenated alkanes) is 19. The number of aliphatic hydroxyl groups excluding tert-OH is 1. The molecule has 0 spiro atoms. The van der Waals surface area contributed by atoms with E-state index in [1.54, 1.807) is 0 Å². The van der Waals surface area contributed by atoms with Gasteiger partial charge in [0, 0.05) is 19.8 Å². The average Bonchev–Trinajstić information content (AvgIpc) is 2.87.